The first kappa shape index (κ1) is 10.9. The van der Waals surface area contributed by atoms with Gasteiger partial charge in [0.1, 0.15) is 6.54 Å². The molecule has 0 spiro atoms. The standard InChI is InChI=1S/C10H12ClNO2/c1-2-14-10(13)8-12(11)9-6-4-3-5-7-9/h3-7H,2,8H2,1H3. The highest BCUT2D eigenvalue weighted by atomic mass is 35.5. The molecular formula is C10H12ClNO2. The Kier molecular flexibility index (Phi) is 4.26. The molecule has 0 fully saturated rings. The Hall–Kier alpha value is -1.22. The van der Waals surface area contributed by atoms with Crippen LogP contribution >= 0.6 is 11.8 Å². The number of rotatable bonds is 4. The van der Waals surface area contributed by atoms with E-state index in [9.17, 15) is 4.79 Å². The minimum absolute atomic E-state index is 0.0550. The average molecular weight is 214 g/mol. The molecule has 1 rings (SSSR count). The van der Waals surface area contributed by atoms with Crippen LogP contribution in [0.5, 0.6) is 0 Å². The first-order valence-electron chi connectivity index (χ1n) is 4.38. The normalized spacial score (nSPS) is 9.57. The van der Waals surface area contributed by atoms with Gasteiger partial charge in [0.25, 0.3) is 0 Å². The van der Waals surface area contributed by atoms with Crippen LogP contribution in [0.3, 0.4) is 0 Å². The van der Waals surface area contributed by atoms with Crippen molar-refractivity contribution in [2.75, 3.05) is 17.6 Å². The summed E-state index contributed by atoms with van der Waals surface area (Å²) in [6.07, 6.45) is 0. The lowest BCUT2D eigenvalue weighted by atomic mass is 10.3. The number of nitrogens with zero attached hydrogens (tertiary/aromatic N) is 1. The van der Waals surface area contributed by atoms with Gasteiger partial charge in [-0.15, -0.1) is 0 Å². The zero-order valence-corrected chi connectivity index (χ0v) is 8.70. The van der Waals surface area contributed by atoms with Gasteiger partial charge in [-0.2, -0.15) is 0 Å². The van der Waals surface area contributed by atoms with Gasteiger partial charge in [-0.1, -0.05) is 18.2 Å². The lowest BCUT2D eigenvalue weighted by molar-refractivity contribution is -0.141. The molecule has 0 saturated heterocycles. The SMILES string of the molecule is CCOC(=O)CN(Cl)c1ccccc1. The number of ether oxygens (including phenoxy) is 1. The van der Waals surface area contributed by atoms with Crippen LogP contribution in [-0.4, -0.2) is 19.1 Å². The van der Waals surface area contributed by atoms with Crippen LogP contribution in [0.4, 0.5) is 5.69 Å². The fourth-order valence-electron chi connectivity index (χ4n) is 1.00. The maximum absolute atomic E-state index is 11.1. The van der Waals surface area contributed by atoms with Gasteiger partial charge in [-0.05, 0) is 19.1 Å². The van der Waals surface area contributed by atoms with Gasteiger partial charge in [-0.3, -0.25) is 9.21 Å². The summed E-state index contributed by atoms with van der Waals surface area (Å²) in [5.74, 6) is -0.327. The Morgan fingerprint density at radius 1 is 1.43 bits per heavy atom. The van der Waals surface area contributed by atoms with E-state index in [4.69, 9.17) is 16.5 Å². The van der Waals surface area contributed by atoms with Crippen molar-refractivity contribution in [1.82, 2.24) is 0 Å². The van der Waals surface area contributed by atoms with E-state index < -0.39 is 0 Å². The second kappa shape index (κ2) is 5.50. The predicted octanol–water partition coefficient (Wildman–Crippen LogP) is 2.21. The van der Waals surface area contributed by atoms with E-state index in [2.05, 4.69) is 0 Å². The molecule has 0 aromatic heterocycles. The lowest BCUT2D eigenvalue weighted by Gasteiger charge is -2.14. The summed E-state index contributed by atoms with van der Waals surface area (Å²) in [6.45, 7) is 2.19. The zero-order chi connectivity index (χ0) is 10.4. The van der Waals surface area contributed by atoms with Crippen LogP contribution in [-0.2, 0) is 9.53 Å². The van der Waals surface area contributed by atoms with Gasteiger partial charge in [0.05, 0.1) is 12.3 Å². The van der Waals surface area contributed by atoms with Crippen LogP contribution in [0.1, 0.15) is 6.92 Å². The third-order valence-corrected chi connectivity index (χ3v) is 1.92. The molecule has 0 aliphatic heterocycles. The van der Waals surface area contributed by atoms with Crippen molar-refractivity contribution in [3.8, 4) is 0 Å². The van der Waals surface area contributed by atoms with Crippen LogP contribution in [0.2, 0.25) is 0 Å². The summed E-state index contributed by atoms with van der Waals surface area (Å²) in [5.41, 5.74) is 0.780. The second-order valence-electron chi connectivity index (χ2n) is 2.66. The molecule has 4 heteroatoms. The Balaban J connectivity index is 2.50. The van der Waals surface area contributed by atoms with Gasteiger partial charge in [0, 0.05) is 11.8 Å². The second-order valence-corrected chi connectivity index (χ2v) is 3.07. The van der Waals surface area contributed by atoms with Crippen molar-refractivity contribution < 1.29 is 9.53 Å². The first-order valence-corrected chi connectivity index (χ1v) is 4.72. The summed E-state index contributed by atoms with van der Waals surface area (Å²) >= 11 is 5.87. The Labute approximate surface area is 88.3 Å². The summed E-state index contributed by atoms with van der Waals surface area (Å²) in [5, 5.41) is 0. The quantitative estimate of drug-likeness (QED) is 0.567. The molecule has 0 aliphatic carbocycles. The molecule has 1 aromatic rings. The third kappa shape index (κ3) is 3.26. The van der Waals surface area contributed by atoms with Crippen molar-refractivity contribution >= 4 is 23.4 Å². The van der Waals surface area contributed by atoms with Crippen LogP contribution in [0.15, 0.2) is 30.3 Å². The van der Waals surface area contributed by atoms with Gasteiger partial charge < -0.3 is 4.74 Å². The van der Waals surface area contributed by atoms with Crippen molar-refractivity contribution in [3.63, 3.8) is 0 Å². The van der Waals surface area contributed by atoms with E-state index in [0.29, 0.717) is 6.61 Å². The number of carbonyl (C=O) groups excluding carboxylic acids is 1. The Bertz CT molecular complexity index is 289. The average Bonchev–Trinajstić information content (AvgIpc) is 2.19. The van der Waals surface area contributed by atoms with Crippen molar-refractivity contribution in [1.29, 1.82) is 0 Å². The molecule has 0 saturated carbocycles. The number of esters is 1. The van der Waals surface area contributed by atoms with Gasteiger partial charge >= 0.3 is 5.97 Å². The van der Waals surface area contributed by atoms with Gasteiger partial charge in [0.2, 0.25) is 0 Å². The number of hydrogen-bond acceptors (Lipinski definition) is 3. The van der Waals surface area contributed by atoms with Crippen molar-refractivity contribution in [2.24, 2.45) is 0 Å². The summed E-state index contributed by atoms with van der Waals surface area (Å²) in [6, 6.07) is 9.25. The topological polar surface area (TPSA) is 29.5 Å². The maximum Gasteiger partial charge on any atom is 0.327 e. The van der Waals surface area contributed by atoms with Crippen LogP contribution in [0.25, 0.3) is 0 Å². The molecule has 0 aliphatic rings. The molecule has 0 amide bonds. The molecule has 0 atom stereocenters. The maximum atomic E-state index is 11.1. The molecule has 1 aromatic carbocycles. The molecule has 76 valence electrons. The highest BCUT2D eigenvalue weighted by Gasteiger charge is 2.08. The molecule has 0 heterocycles. The fraction of sp³-hybridized carbons (Fsp3) is 0.300. The third-order valence-electron chi connectivity index (χ3n) is 1.61. The molecule has 0 bridgehead atoms. The largest absolute Gasteiger partial charge is 0.465 e. The fourth-order valence-corrected chi connectivity index (χ4v) is 1.21. The minimum atomic E-state index is -0.327. The Morgan fingerprint density at radius 2 is 2.07 bits per heavy atom. The highest BCUT2D eigenvalue weighted by molar-refractivity contribution is 6.26. The number of para-hydroxylation sites is 1. The zero-order valence-electron chi connectivity index (χ0n) is 7.94. The minimum Gasteiger partial charge on any atom is -0.465 e. The number of hydrogen-bond donors (Lipinski definition) is 0. The highest BCUT2D eigenvalue weighted by Crippen LogP contribution is 2.14. The Morgan fingerprint density at radius 3 is 2.64 bits per heavy atom. The van der Waals surface area contributed by atoms with Gasteiger partial charge in [-0.25, -0.2) is 0 Å². The van der Waals surface area contributed by atoms with Crippen molar-refractivity contribution in [2.45, 2.75) is 6.92 Å². The van der Waals surface area contributed by atoms with E-state index in [1.807, 2.05) is 30.3 Å². The number of halogens is 1. The van der Waals surface area contributed by atoms with E-state index in [1.165, 1.54) is 4.42 Å². The van der Waals surface area contributed by atoms with E-state index in [0.717, 1.165) is 5.69 Å². The summed E-state index contributed by atoms with van der Waals surface area (Å²) < 4.78 is 6.10. The lowest BCUT2D eigenvalue weighted by Crippen LogP contribution is -2.22. The van der Waals surface area contributed by atoms with Crippen LogP contribution < -0.4 is 4.42 Å². The first-order chi connectivity index (χ1) is 6.74. The molecular weight excluding hydrogens is 202 g/mol. The van der Waals surface area contributed by atoms with E-state index in [1.54, 1.807) is 6.92 Å². The summed E-state index contributed by atoms with van der Waals surface area (Å²) in [4.78, 5) is 11.1. The molecule has 0 radical (unpaired) electrons. The van der Waals surface area contributed by atoms with Crippen LogP contribution in [0, 0.1) is 0 Å². The van der Waals surface area contributed by atoms with Crippen molar-refractivity contribution in [3.05, 3.63) is 30.3 Å². The predicted molar refractivity (Wildman–Crippen MR) is 56.3 cm³/mol. The number of benzene rings is 1. The van der Waals surface area contributed by atoms with E-state index >= 15 is 0 Å². The number of carbonyl (C=O) groups is 1. The van der Waals surface area contributed by atoms with Gasteiger partial charge in [0.15, 0.2) is 0 Å². The van der Waals surface area contributed by atoms with E-state index in [-0.39, 0.29) is 12.5 Å². The molecule has 14 heavy (non-hydrogen) atoms. The summed E-state index contributed by atoms with van der Waals surface area (Å²) in [7, 11) is 0. The molecule has 3 nitrogen and oxygen atoms in total. The molecule has 0 N–H and O–H groups in total. The monoisotopic (exact) mass is 213 g/mol. The smallest absolute Gasteiger partial charge is 0.327 e. The molecule has 0 unspecified atom stereocenters. The number of anilines is 1.